The molecule has 1 saturated heterocycles. The Hall–Kier alpha value is -0.160. The van der Waals surface area contributed by atoms with Gasteiger partial charge in [0.2, 0.25) is 0 Å². The molecule has 0 aromatic carbocycles. The molecule has 0 aromatic heterocycles. The van der Waals surface area contributed by atoms with Gasteiger partial charge < -0.3 is 19.7 Å². The van der Waals surface area contributed by atoms with Crippen molar-refractivity contribution in [3.05, 3.63) is 0 Å². The van der Waals surface area contributed by atoms with E-state index in [9.17, 15) is 0 Å². The predicted octanol–water partition coefficient (Wildman–Crippen LogP) is 1.36. The molecule has 18 heavy (non-hydrogen) atoms. The molecule has 108 valence electrons. The van der Waals surface area contributed by atoms with Gasteiger partial charge in [-0.3, -0.25) is 0 Å². The van der Waals surface area contributed by atoms with Crippen molar-refractivity contribution in [2.45, 2.75) is 32.7 Å². The molecule has 0 bridgehead atoms. The fraction of sp³-hybridized carbons (Fsp3) is 1.00. The summed E-state index contributed by atoms with van der Waals surface area (Å²) in [6.45, 7) is 11.5. The summed E-state index contributed by atoms with van der Waals surface area (Å²) in [7, 11) is 1.71. The zero-order chi connectivity index (χ0) is 13.2. The summed E-state index contributed by atoms with van der Waals surface area (Å²) in [4.78, 5) is 2.56. The monoisotopic (exact) mass is 258 g/mol. The van der Waals surface area contributed by atoms with Crippen molar-refractivity contribution in [3.63, 3.8) is 0 Å². The zero-order valence-electron chi connectivity index (χ0n) is 12.3. The van der Waals surface area contributed by atoms with E-state index in [-0.39, 0.29) is 0 Å². The predicted molar refractivity (Wildman–Crippen MR) is 75.0 cm³/mol. The van der Waals surface area contributed by atoms with Crippen LogP contribution in [0.1, 0.15) is 26.7 Å². The van der Waals surface area contributed by atoms with Crippen LogP contribution in [0.3, 0.4) is 0 Å². The van der Waals surface area contributed by atoms with Crippen molar-refractivity contribution >= 4 is 0 Å². The van der Waals surface area contributed by atoms with Crippen molar-refractivity contribution in [1.82, 2.24) is 10.2 Å². The van der Waals surface area contributed by atoms with Gasteiger partial charge >= 0.3 is 0 Å². The van der Waals surface area contributed by atoms with E-state index in [1.165, 1.54) is 19.5 Å². The molecule has 0 radical (unpaired) electrons. The Kier molecular flexibility index (Phi) is 8.59. The van der Waals surface area contributed by atoms with Gasteiger partial charge in [-0.25, -0.2) is 0 Å². The minimum Gasteiger partial charge on any atom is -0.382 e. The Labute approximate surface area is 112 Å². The SMILES string of the molecule is CCC(C)C1CN(CCCOCCOC)CCN1. The van der Waals surface area contributed by atoms with E-state index < -0.39 is 0 Å². The molecular formula is C14H30N2O2. The molecule has 2 unspecified atom stereocenters. The van der Waals surface area contributed by atoms with Gasteiger partial charge in [0.1, 0.15) is 0 Å². The van der Waals surface area contributed by atoms with Crippen LogP contribution in [0.25, 0.3) is 0 Å². The van der Waals surface area contributed by atoms with E-state index in [4.69, 9.17) is 9.47 Å². The Morgan fingerprint density at radius 1 is 1.33 bits per heavy atom. The third-order valence-electron chi connectivity index (χ3n) is 3.82. The van der Waals surface area contributed by atoms with Crippen molar-refractivity contribution in [1.29, 1.82) is 0 Å². The highest BCUT2D eigenvalue weighted by atomic mass is 16.5. The Morgan fingerprint density at radius 2 is 2.17 bits per heavy atom. The number of hydrogen-bond donors (Lipinski definition) is 1. The summed E-state index contributed by atoms with van der Waals surface area (Å²) in [6, 6.07) is 0.665. The van der Waals surface area contributed by atoms with E-state index in [2.05, 4.69) is 24.1 Å². The molecule has 0 aliphatic carbocycles. The first-order valence-corrected chi connectivity index (χ1v) is 7.30. The molecule has 0 amide bonds. The van der Waals surface area contributed by atoms with Crippen molar-refractivity contribution in [2.24, 2.45) is 5.92 Å². The number of nitrogens with one attached hydrogen (secondary N) is 1. The maximum atomic E-state index is 5.49. The first-order valence-electron chi connectivity index (χ1n) is 7.30. The number of piperazine rings is 1. The van der Waals surface area contributed by atoms with E-state index in [0.29, 0.717) is 19.3 Å². The first kappa shape index (κ1) is 15.9. The number of nitrogens with zero attached hydrogens (tertiary/aromatic N) is 1. The number of methoxy groups -OCH3 is 1. The third-order valence-corrected chi connectivity index (χ3v) is 3.82. The minimum atomic E-state index is 0.665. The van der Waals surface area contributed by atoms with Crippen LogP contribution in [-0.4, -0.2) is 64.1 Å². The van der Waals surface area contributed by atoms with Gasteiger partial charge in [-0.15, -0.1) is 0 Å². The topological polar surface area (TPSA) is 33.7 Å². The van der Waals surface area contributed by atoms with Crippen LogP contribution in [0.4, 0.5) is 0 Å². The minimum absolute atomic E-state index is 0.665. The highest BCUT2D eigenvalue weighted by molar-refractivity contribution is 4.81. The summed E-state index contributed by atoms with van der Waals surface area (Å²) >= 11 is 0. The molecule has 1 fully saturated rings. The van der Waals surface area contributed by atoms with Gasteiger partial charge in [-0.1, -0.05) is 20.3 Å². The molecule has 1 aliphatic rings. The quantitative estimate of drug-likeness (QED) is 0.633. The highest BCUT2D eigenvalue weighted by Crippen LogP contribution is 2.12. The van der Waals surface area contributed by atoms with E-state index >= 15 is 0 Å². The van der Waals surface area contributed by atoms with Crippen LogP contribution >= 0.6 is 0 Å². The normalized spacial score (nSPS) is 23.2. The van der Waals surface area contributed by atoms with Crippen LogP contribution in [0.15, 0.2) is 0 Å². The number of ether oxygens (including phenoxy) is 2. The molecule has 2 atom stereocenters. The third kappa shape index (κ3) is 6.14. The molecule has 0 aromatic rings. The van der Waals surface area contributed by atoms with Crippen molar-refractivity contribution in [3.8, 4) is 0 Å². The molecule has 1 rings (SSSR count). The second-order valence-corrected chi connectivity index (χ2v) is 5.21. The Balaban J connectivity index is 2.07. The average Bonchev–Trinajstić information content (AvgIpc) is 2.42. The van der Waals surface area contributed by atoms with Crippen LogP contribution in [-0.2, 0) is 9.47 Å². The van der Waals surface area contributed by atoms with Gasteiger partial charge in [-0.05, 0) is 12.3 Å². The molecule has 1 aliphatic heterocycles. The molecule has 0 saturated carbocycles. The number of rotatable bonds is 9. The lowest BCUT2D eigenvalue weighted by atomic mass is 9.97. The summed E-state index contributed by atoms with van der Waals surface area (Å²) in [5.74, 6) is 0.769. The van der Waals surface area contributed by atoms with Crippen LogP contribution in [0, 0.1) is 5.92 Å². The highest BCUT2D eigenvalue weighted by Gasteiger charge is 2.22. The van der Waals surface area contributed by atoms with E-state index in [1.807, 2.05) is 0 Å². The standard InChI is InChI=1S/C14H30N2O2/c1-4-13(2)14-12-16(8-6-15-14)7-5-9-18-11-10-17-3/h13-15H,4-12H2,1-3H3. The fourth-order valence-corrected chi connectivity index (χ4v) is 2.35. The molecular weight excluding hydrogens is 228 g/mol. The summed E-state index contributed by atoms with van der Waals surface area (Å²) < 4.78 is 10.4. The van der Waals surface area contributed by atoms with Gasteiger partial charge in [0, 0.05) is 45.9 Å². The second kappa shape index (κ2) is 9.73. The van der Waals surface area contributed by atoms with Gasteiger partial charge in [0.25, 0.3) is 0 Å². The summed E-state index contributed by atoms with van der Waals surface area (Å²) in [5.41, 5.74) is 0. The number of hydrogen-bond acceptors (Lipinski definition) is 4. The van der Waals surface area contributed by atoms with Crippen LogP contribution in [0.2, 0.25) is 0 Å². The molecule has 0 spiro atoms. The van der Waals surface area contributed by atoms with E-state index in [0.717, 1.165) is 32.0 Å². The Morgan fingerprint density at radius 3 is 2.89 bits per heavy atom. The van der Waals surface area contributed by atoms with Gasteiger partial charge in [-0.2, -0.15) is 0 Å². The maximum absolute atomic E-state index is 5.49. The lowest BCUT2D eigenvalue weighted by molar-refractivity contribution is 0.0626. The van der Waals surface area contributed by atoms with Crippen molar-refractivity contribution in [2.75, 3.05) is 53.1 Å². The average molecular weight is 258 g/mol. The first-order chi connectivity index (χ1) is 8.77. The molecule has 1 heterocycles. The van der Waals surface area contributed by atoms with Crippen LogP contribution < -0.4 is 5.32 Å². The molecule has 4 nitrogen and oxygen atoms in total. The lowest BCUT2D eigenvalue weighted by Gasteiger charge is -2.36. The molecule has 1 N–H and O–H groups in total. The lowest BCUT2D eigenvalue weighted by Crippen LogP contribution is -2.53. The smallest absolute Gasteiger partial charge is 0.0700 e. The van der Waals surface area contributed by atoms with Crippen molar-refractivity contribution < 1.29 is 9.47 Å². The fourth-order valence-electron chi connectivity index (χ4n) is 2.35. The zero-order valence-corrected chi connectivity index (χ0v) is 12.3. The second-order valence-electron chi connectivity index (χ2n) is 5.21. The largest absolute Gasteiger partial charge is 0.382 e. The van der Waals surface area contributed by atoms with Gasteiger partial charge in [0.05, 0.1) is 13.2 Å². The molecule has 4 heteroatoms. The summed E-state index contributed by atoms with van der Waals surface area (Å²) in [6.07, 6.45) is 2.38. The Bertz CT molecular complexity index is 202. The van der Waals surface area contributed by atoms with Gasteiger partial charge in [0.15, 0.2) is 0 Å². The van der Waals surface area contributed by atoms with Crippen LogP contribution in [0.5, 0.6) is 0 Å². The maximum Gasteiger partial charge on any atom is 0.0700 e. The summed E-state index contributed by atoms with van der Waals surface area (Å²) in [5, 5.41) is 3.63. The van der Waals surface area contributed by atoms with E-state index in [1.54, 1.807) is 7.11 Å².